The van der Waals surface area contributed by atoms with E-state index in [2.05, 4.69) is 5.32 Å². The normalized spacial score (nSPS) is 19.8. The molecule has 1 heterocycles. The summed E-state index contributed by atoms with van der Waals surface area (Å²) in [6, 6.07) is -1.13. The zero-order valence-electron chi connectivity index (χ0n) is 11.6. The van der Waals surface area contributed by atoms with Crippen LogP contribution in [0.3, 0.4) is 0 Å². The molecule has 2 atom stereocenters. The third-order valence-electron chi connectivity index (χ3n) is 3.68. The van der Waals surface area contributed by atoms with E-state index in [0.29, 0.717) is 25.9 Å². The Morgan fingerprint density at radius 2 is 1.95 bits per heavy atom. The van der Waals surface area contributed by atoms with Crippen LogP contribution < -0.4 is 5.32 Å². The van der Waals surface area contributed by atoms with Gasteiger partial charge in [-0.1, -0.05) is 13.3 Å². The number of carboxylic acids is 1. The lowest BCUT2D eigenvalue weighted by molar-refractivity contribution is -0.139. The Kier molecular flexibility index (Phi) is 6.08. The van der Waals surface area contributed by atoms with Gasteiger partial charge in [-0.25, -0.2) is 9.59 Å². The quantitative estimate of drug-likeness (QED) is 0.697. The molecule has 6 nitrogen and oxygen atoms in total. The number of aliphatic hydroxyl groups is 1. The maximum absolute atomic E-state index is 12.0. The smallest absolute Gasteiger partial charge is 0.326 e. The number of nitrogens with zero attached hydrogens (tertiary/aromatic N) is 1. The minimum atomic E-state index is -0.992. The molecular formula is C13H24N2O4. The number of piperidine rings is 1. The average molecular weight is 272 g/mol. The summed E-state index contributed by atoms with van der Waals surface area (Å²) in [5, 5.41) is 21.0. The third kappa shape index (κ3) is 4.70. The number of carbonyl (C=O) groups excluding carboxylic acids is 1. The largest absolute Gasteiger partial charge is 0.480 e. The van der Waals surface area contributed by atoms with Crippen molar-refractivity contribution in [2.45, 2.75) is 51.7 Å². The van der Waals surface area contributed by atoms with Gasteiger partial charge in [-0.2, -0.15) is 0 Å². The molecule has 1 fully saturated rings. The van der Waals surface area contributed by atoms with Crippen LogP contribution in [-0.4, -0.2) is 52.3 Å². The summed E-state index contributed by atoms with van der Waals surface area (Å²) in [6.07, 6.45) is 2.32. The van der Waals surface area contributed by atoms with Gasteiger partial charge < -0.3 is 20.4 Å². The van der Waals surface area contributed by atoms with Crippen LogP contribution in [-0.2, 0) is 4.79 Å². The molecule has 0 bridgehead atoms. The molecule has 2 amide bonds. The van der Waals surface area contributed by atoms with Gasteiger partial charge >= 0.3 is 12.0 Å². The fraction of sp³-hybridized carbons (Fsp3) is 0.846. The molecule has 3 N–H and O–H groups in total. The lowest BCUT2D eigenvalue weighted by atomic mass is 9.92. The van der Waals surface area contributed by atoms with Crippen molar-refractivity contribution in [2.24, 2.45) is 5.92 Å². The van der Waals surface area contributed by atoms with E-state index in [0.717, 1.165) is 12.8 Å². The lowest BCUT2D eigenvalue weighted by Crippen LogP contribution is -2.50. The molecular weight excluding hydrogens is 248 g/mol. The number of hydrogen-bond acceptors (Lipinski definition) is 3. The van der Waals surface area contributed by atoms with Crippen LogP contribution in [0.15, 0.2) is 0 Å². The van der Waals surface area contributed by atoms with Crippen molar-refractivity contribution in [1.29, 1.82) is 0 Å². The molecule has 0 aromatic rings. The van der Waals surface area contributed by atoms with E-state index in [1.54, 1.807) is 11.8 Å². The Morgan fingerprint density at radius 3 is 2.37 bits per heavy atom. The van der Waals surface area contributed by atoms with E-state index in [1.165, 1.54) is 0 Å². The number of aliphatic hydroxyl groups excluding tert-OH is 1. The van der Waals surface area contributed by atoms with Crippen molar-refractivity contribution in [2.75, 3.05) is 13.1 Å². The molecule has 110 valence electrons. The van der Waals surface area contributed by atoms with E-state index in [9.17, 15) is 14.7 Å². The summed E-state index contributed by atoms with van der Waals surface area (Å²) < 4.78 is 0. The van der Waals surface area contributed by atoms with E-state index >= 15 is 0 Å². The molecule has 0 aromatic heterocycles. The minimum absolute atomic E-state index is 0.231. The highest BCUT2D eigenvalue weighted by molar-refractivity contribution is 5.82. The first-order valence-corrected chi connectivity index (χ1v) is 6.92. The van der Waals surface area contributed by atoms with E-state index in [-0.39, 0.29) is 18.1 Å². The number of nitrogens with one attached hydrogen (secondary N) is 1. The van der Waals surface area contributed by atoms with Gasteiger partial charge in [-0.05, 0) is 32.1 Å². The number of urea groups is 1. The van der Waals surface area contributed by atoms with Crippen molar-refractivity contribution in [3.05, 3.63) is 0 Å². The Morgan fingerprint density at radius 1 is 1.37 bits per heavy atom. The first kappa shape index (κ1) is 15.8. The molecule has 1 aliphatic heterocycles. The number of hydrogen-bond donors (Lipinski definition) is 3. The van der Waals surface area contributed by atoms with Gasteiger partial charge in [0.25, 0.3) is 0 Å². The van der Waals surface area contributed by atoms with Gasteiger partial charge in [0.2, 0.25) is 0 Å². The summed E-state index contributed by atoms with van der Waals surface area (Å²) in [5.74, 6) is -0.760. The highest BCUT2D eigenvalue weighted by Crippen LogP contribution is 2.20. The Bertz CT molecular complexity index is 312. The zero-order valence-corrected chi connectivity index (χ0v) is 11.6. The standard InChI is InChI=1S/C13H24N2O4/c1-3-4-11(12(17)18)14-13(19)15-7-5-10(6-8-15)9(2)16/h9-11,16H,3-8H2,1-2H3,(H,14,19)(H,17,18)/t9?,11-/m0/s1. The summed E-state index contributed by atoms with van der Waals surface area (Å²) in [6.45, 7) is 4.79. The third-order valence-corrected chi connectivity index (χ3v) is 3.68. The summed E-state index contributed by atoms with van der Waals surface area (Å²) >= 11 is 0. The highest BCUT2D eigenvalue weighted by Gasteiger charge is 2.27. The summed E-state index contributed by atoms with van der Waals surface area (Å²) in [4.78, 5) is 24.6. The first-order valence-electron chi connectivity index (χ1n) is 6.92. The van der Waals surface area contributed by atoms with E-state index in [4.69, 9.17) is 5.11 Å². The average Bonchev–Trinajstić information content (AvgIpc) is 2.38. The molecule has 1 saturated heterocycles. The zero-order chi connectivity index (χ0) is 14.4. The van der Waals surface area contributed by atoms with Crippen molar-refractivity contribution in [1.82, 2.24) is 10.2 Å². The van der Waals surface area contributed by atoms with Crippen LogP contribution in [0.5, 0.6) is 0 Å². The van der Waals surface area contributed by atoms with E-state index < -0.39 is 12.0 Å². The van der Waals surface area contributed by atoms with Crippen LogP contribution in [0.1, 0.15) is 39.5 Å². The molecule has 1 rings (SSSR count). The van der Waals surface area contributed by atoms with Crippen LogP contribution in [0.2, 0.25) is 0 Å². The molecule has 19 heavy (non-hydrogen) atoms. The van der Waals surface area contributed by atoms with E-state index in [1.807, 2.05) is 6.92 Å². The topological polar surface area (TPSA) is 89.9 Å². The number of carbonyl (C=O) groups is 2. The fourth-order valence-electron chi connectivity index (χ4n) is 2.37. The van der Waals surface area contributed by atoms with Crippen molar-refractivity contribution >= 4 is 12.0 Å². The van der Waals surface area contributed by atoms with Crippen LogP contribution in [0, 0.1) is 5.92 Å². The monoisotopic (exact) mass is 272 g/mol. The Labute approximate surface area is 113 Å². The molecule has 0 aromatic carbocycles. The highest BCUT2D eigenvalue weighted by atomic mass is 16.4. The molecule has 1 unspecified atom stereocenters. The van der Waals surface area contributed by atoms with Crippen molar-refractivity contribution < 1.29 is 19.8 Å². The maximum atomic E-state index is 12.0. The van der Waals surface area contributed by atoms with Crippen molar-refractivity contribution in [3.8, 4) is 0 Å². The summed E-state index contributed by atoms with van der Waals surface area (Å²) in [7, 11) is 0. The Hall–Kier alpha value is -1.30. The van der Waals surface area contributed by atoms with Gasteiger partial charge in [-0.15, -0.1) is 0 Å². The maximum Gasteiger partial charge on any atom is 0.326 e. The van der Waals surface area contributed by atoms with Crippen molar-refractivity contribution in [3.63, 3.8) is 0 Å². The number of aliphatic carboxylic acids is 1. The molecule has 1 aliphatic rings. The second kappa shape index (κ2) is 7.33. The number of amides is 2. The number of carboxylic acid groups (broad SMARTS) is 1. The lowest BCUT2D eigenvalue weighted by Gasteiger charge is -2.33. The number of rotatable bonds is 5. The molecule has 6 heteroatoms. The first-order chi connectivity index (χ1) is 8.95. The Balaban J connectivity index is 2.44. The fourth-order valence-corrected chi connectivity index (χ4v) is 2.37. The second-order valence-electron chi connectivity index (χ2n) is 5.19. The predicted octanol–water partition coefficient (Wildman–Crippen LogP) is 1.04. The molecule has 0 spiro atoms. The second-order valence-corrected chi connectivity index (χ2v) is 5.19. The van der Waals surface area contributed by atoms with Crippen LogP contribution in [0.4, 0.5) is 4.79 Å². The SMILES string of the molecule is CCC[C@H](NC(=O)N1CCC(C(C)O)CC1)C(=O)O. The van der Waals surface area contributed by atoms with Crippen LogP contribution in [0.25, 0.3) is 0 Å². The van der Waals surface area contributed by atoms with Gasteiger partial charge in [-0.3, -0.25) is 0 Å². The van der Waals surface area contributed by atoms with Gasteiger partial charge in [0, 0.05) is 13.1 Å². The minimum Gasteiger partial charge on any atom is -0.480 e. The molecule has 0 saturated carbocycles. The van der Waals surface area contributed by atoms with Gasteiger partial charge in [0.05, 0.1) is 6.10 Å². The van der Waals surface area contributed by atoms with Gasteiger partial charge in [0.1, 0.15) is 6.04 Å². The number of likely N-dealkylation sites (tertiary alicyclic amines) is 1. The van der Waals surface area contributed by atoms with Crippen LogP contribution >= 0.6 is 0 Å². The molecule has 0 radical (unpaired) electrons. The molecule has 0 aliphatic carbocycles. The van der Waals surface area contributed by atoms with Gasteiger partial charge in [0.15, 0.2) is 0 Å². The predicted molar refractivity (Wildman–Crippen MR) is 70.8 cm³/mol. The summed E-state index contributed by atoms with van der Waals surface area (Å²) in [5.41, 5.74) is 0.